The van der Waals surface area contributed by atoms with Gasteiger partial charge >= 0.3 is 0 Å². The Kier molecular flexibility index (Phi) is 5.39. The Hall–Kier alpha value is -3.06. The lowest BCUT2D eigenvalue weighted by Gasteiger charge is -2.39. The summed E-state index contributed by atoms with van der Waals surface area (Å²) in [5.74, 6) is -0.552. The first-order valence-electron chi connectivity index (χ1n) is 9.89. The molecular weight excluding hydrogens is 404 g/mol. The normalized spacial score (nSPS) is 20.8. The highest BCUT2D eigenvalue weighted by molar-refractivity contribution is 6.31. The number of fused-ring (bicyclic) bond motifs is 1. The molecule has 156 valence electrons. The summed E-state index contributed by atoms with van der Waals surface area (Å²) in [6.07, 6.45) is 1.19. The molecule has 1 spiro atoms. The molecule has 4 rings (SSSR count). The van der Waals surface area contributed by atoms with Crippen LogP contribution in [0.4, 0.5) is 11.4 Å². The predicted molar refractivity (Wildman–Crippen MR) is 116 cm³/mol. The SMILES string of the molecule is Cc1ccc(NC(=O)CN2CCC3(CCC2=O)NC(=O)c2ccccc2N3)cc1Cl. The number of halogens is 1. The van der Waals surface area contributed by atoms with E-state index < -0.39 is 5.66 Å². The van der Waals surface area contributed by atoms with Crippen LogP contribution in [-0.2, 0) is 9.59 Å². The average Bonchev–Trinajstić information content (AvgIpc) is 2.85. The summed E-state index contributed by atoms with van der Waals surface area (Å²) < 4.78 is 0. The van der Waals surface area contributed by atoms with Gasteiger partial charge in [0, 0.05) is 35.8 Å². The van der Waals surface area contributed by atoms with Gasteiger partial charge in [-0.25, -0.2) is 0 Å². The van der Waals surface area contributed by atoms with Crippen molar-refractivity contribution in [3.8, 4) is 0 Å². The number of anilines is 2. The van der Waals surface area contributed by atoms with E-state index in [9.17, 15) is 14.4 Å². The molecule has 1 fully saturated rings. The van der Waals surface area contributed by atoms with Crippen LogP contribution in [0.1, 0.15) is 35.2 Å². The maximum absolute atomic E-state index is 12.6. The highest BCUT2D eigenvalue weighted by atomic mass is 35.5. The zero-order valence-corrected chi connectivity index (χ0v) is 17.4. The van der Waals surface area contributed by atoms with Crippen molar-refractivity contribution < 1.29 is 14.4 Å². The smallest absolute Gasteiger partial charge is 0.255 e. The van der Waals surface area contributed by atoms with E-state index in [-0.39, 0.29) is 30.7 Å². The van der Waals surface area contributed by atoms with Crippen molar-refractivity contribution >= 4 is 40.7 Å². The molecule has 0 radical (unpaired) electrons. The number of likely N-dealkylation sites (tertiary alicyclic amines) is 1. The van der Waals surface area contributed by atoms with Gasteiger partial charge in [0.2, 0.25) is 11.8 Å². The van der Waals surface area contributed by atoms with Crippen molar-refractivity contribution in [2.45, 2.75) is 31.8 Å². The number of nitrogens with zero attached hydrogens (tertiary/aromatic N) is 1. The number of carbonyl (C=O) groups excluding carboxylic acids is 3. The number of nitrogens with one attached hydrogen (secondary N) is 3. The summed E-state index contributed by atoms with van der Waals surface area (Å²) in [5.41, 5.74) is 2.16. The molecule has 0 aromatic heterocycles. The minimum Gasteiger partial charge on any atom is -0.362 e. The number of para-hydroxylation sites is 1. The Morgan fingerprint density at radius 2 is 1.97 bits per heavy atom. The maximum Gasteiger partial charge on any atom is 0.255 e. The Morgan fingerprint density at radius 3 is 2.77 bits per heavy atom. The molecule has 2 aliphatic rings. The van der Waals surface area contributed by atoms with Crippen molar-refractivity contribution in [2.24, 2.45) is 0 Å². The van der Waals surface area contributed by atoms with Gasteiger partial charge in [-0.3, -0.25) is 14.4 Å². The summed E-state index contributed by atoms with van der Waals surface area (Å²) in [6, 6.07) is 12.6. The van der Waals surface area contributed by atoms with Gasteiger partial charge in [0.1, 0.15) is 5.66 Å². The average molecular weight is 427 g/mol. The van der Waals surface area contributed by atoms with Gasteiger partial charge in [-0.1, -0.05) is 29.8 Å². The summed E-state index contributed by atoms with van der Waals surface area (Å²) in [6.45, 7) is 2.19. The fraction of sp³-hybridized carbons (Fsp3) is 0.318. The van der Waals surface area contributed by atoms with Crippen LogP contribution in [-0.4, -0.2) is 41.4 Å². The largest absolute Gasteiger partial charge is 0.362 e. The molecule has 8 heteroatoms. The number of hydrogen-bond acceptors (Lipinski definition) is 4. The van der Waals surface area contributed by atoms with Gasteiger partial charge < -0.3 is 20.9 Å². The number of hydrogen-bond donors (Lipinski definition) is 3. The lowest BCUT2D eigenvalue weighted by molar-refractivity contribution is -0.134. The van der Waals surface area contributed by atoms with Crippen LogP contribution in [0, 0.1) is 6.92 Å². The van der Waals surface area contributed by atoms with E-state index in [1.54, 1.807) is 18.2 Å². The van der Waals surface area contributed by atoms with Crippen molar-refractivity contribution in [3.05, 3.63) is 58.6 Å². The quantitative estimate of drug-likeness (QED) is 0.703. The number of benzene rings is 2. The van der Waals surface area contributed by atoms with Crippen LogP contribution in [0.2, 0.25) is 5.02 Å². The molecule has 3 amide bonds. The van der Waals surface area contributed by atoms with Crippen molar-refractivity contribution in [2.75, 3.05) is 23.7 Å². The standard InChI is InChI=1S/C22H23ClN4O3/c1-14-6-7-15(12-17(14)23)24-19(28)13-27-11-10-22(9-8-20(27)29)25-18-5-3-2-4-16(18)21(30)26-22/h2-7,12,25H,8-11,13H2,1H3,(H,24,28)(H,26,30). The Morgan fingerprint density at radius 1 is 1.17 bits per heavy atom. The number of aryl methyl sites for hydroxylation is 1. The second-order valence-electron chi connectivity index (χ2n) is 7.78. The molecule has 0 bridgehead atoms. The molecule has 0 saturated carbocycles. The van der Waals surface area contributed by atoms with Crippen LogP contribution in [0.3, 0.4) is 0 Å². The van der Waals surface area contributed by atoms with Crippen molar-refractivity contribution in [3.63, 3.8) is 0 Å². The Bertz CT molecular complexity index is 1030. The molecule has 1 unspecified atom stereocenters. The van der Waals surface area contributed by atoms with E-state index in [1.807, 2.05) is 31.2 Å². The van der Waals surface area contributed by atoms with Gasteiger partial charge in [-0.2, -0.15) is 0 Å². The molecule has 3 N–H and O–H groups in total. The third-order valence-electron chi connectivity index (χ3n) is 5.62. The first-order chi connectivity index (χ1) is 14.3. The van der Waals surface area contributed by atoms with Gasteiger partial charge in [-0.15, -0.1) is 0 Å². The van der Waals surface area contributed by atoms with E-state index in [0.29, 0.717) is 35.7 Å². The van der Waals surface area contributed by atoms with Gasteiger partial charge in [0.05, 0.1) is 12.1 Å². The number of rotatable bonds is 3. The van der Waals surface area contributed by atoms with Crippen molar-refractivity contribution in [1.29, 1.82) is 0 Å². The van der Waals surface area contributed by atoms with Crippen LogP contribution < -0.4 is 16.0 Å². The molecule has 2 aromatic rings. The van der Waals surface area contributed by atoms with Gasteiger partial charge in [0.15, 0.2) is 0 Å². The van der Waals surface area contributed by atoms with E-state index in [2.05, 4.69) is 16.0 Å². The van der Waals surface area contributed by atoms with Crippen LogP contribution in [0.25, 0.3) is 0 Å². The molecule has 30 heavy (non-hydrogen) atoms. The summed E-state index contributed by atoms with van der Waals surface area (Å²) in [7, 11) is 0. The van der Waals surface area contributed by atoms with E-state index in [4.69, 9.17) is 11.6 Å². The topological polar surface area (TPSA) is 90.5 Å². The lowest BCUT2D eigenvalue weighted by atomic mass is 9.95. The molecule has 1 atom stereocenters. The molecule has 2 aliphatic heterocycles. The monoisotopic (exact) mass is 426 g/mol. The highest BCUT2D eigenvalue weighted by Gasteiger charge is 2.40. The van der Waals surface area contributed by atoms with E-state index >= 15 is 0 Å². The lowest BCUT2D eigenvalue weighted by Crippen LogP contribution is -2.58. The first kappa shape index (κ1) is 20.2. The molecule has 7 nitrogen and oxygen atoms in total. The zero-order chi connectivity index (χ0) is 21.3. The number of amides is 3. The summed E-state index contributed by atoms with van der Waals surface area (Å²) in [5, 5.41) is 9.79. The minimum absolute atomic E-state index is 0.0507. The fourth-order valence-electron chi connectivity index (χ4n) is 3.88. The molecule has 1 saturated heterocycles. The van der Waals surface area contributed by atoms with Gasteiger partial charge in [0.25, 0.3) is 5.91 Å². The Balaban J connectivity index is 1.42. The second-order valence-corrected chi connectivity index (χ2v) is 8.19. The minimum atomic E-state index is -0.698. The Labute approximate surface area is 179 Å². The molecular formula is C22H23ClN4O3. The summed E-state index contributed by atoms with van der Waals surface area (Å²) in [4.78, 5) is 39.2. The molecule has 2 aromatic carbocycles. The van der Waals surface area contributed by atoms with E-state index in [1.165, 1.54) is 4.90 Å². The fourth-order valence-corrected chi connectivity index (χ4v) is 4.06. The summed E-state index contributed by atoms with van der Waals surface area (Å²) >= 11 is 6.11. The van der Waals surface area contributed by atoms with Crippen LogP contribution in [0.5, 0.6) is 0 Å². The van der Waals surface area contributed by atoms with Crippen LogP contribution >= 0.6 is 11.6 Å². The second kappa shape index (κ2) is 7.99. The zero-order valence-electron chi connectivity index (χ0n) is 16.6. The molecule has 0 aliphatic carbocycles. The predicted octanol–water partition coefficient (Wildman–Crippen LogP) is 3.15. The van der Waals surface area contributed by atoms with Gasteiger partial charge in [-0.05, 0) is 43.2 Å². The van der Waals surface area contributed by atoms with Crippen LogP contribution in [0.15, 0.2) is 42.5 Å². The number of carbonyl (C=O) groups is 3. The third kappa shape index (κ3) is 4.11. The maximum atomic E-state index is 12.6. The third-order valence-corrected chi connectivity index (χ3v) is 6.02. The molecule has 2 heterocycles. The van der Waals surface area contributed by atoms with Crippen molar-refractivity contribution in [1.82, 2.24) is 10.2 Å². The highest BCUT2D eigenvalue weighted by Crippen LogP contribution is 2.31. The van der Waals surface area contributed by atoms with E-state index in [0.717, 1.165) is 11.3 Å². The first-order valence-corrected chi connectivity index (χ1v) is 10.3.